The highest BCUT2D eigenvalue weighted by Crippen LogP contribution is 2.32. The Hall–Kier alpha value is -0.840. The molecule has 0 spiro atoms. The molecule has 3 nitrogen and oxygen atoms in total. The third kappa shape index (κ3) is 3.38. The normalized spacial score (nSPS) is 15.9. The van der Waals surface area contributed by atoms with Crippen LogP contribution in [0.25, 0.3) is 0 Å². The SMILES string of the molecule is CCC(C)NC(C)(C(N)=O)c1cc(F)c(Cl)cc1Cl. The molecule has 19 heavy (non-hydrogen) atoms. The van der Waals surface area contributed by atoms with E-state index in [1.807, 2.05) is 13.8 Å². The zero-order chi connectivity index (χ0) is 14.8. The van der Waals surface area contributed by atoms with E-state index < -0.39 is 17.3 Å². The van der Waals surface area contributed by atoms with Crippen molar-refractivity contribution in [1.82, 2.24) is 5.32 Å². The molecule has 6 heteroatoms. The van der Waals surface area contributed by atoms with E-state index in [4.69, 9.17) is 28.9 Å². The van der Waals surface area contributed by atoms with Gasteiger partial charge in [0.15, 0.2) is 0 Å². The molecule has 0 bridgehead atoms. The number of hydrogen-bond acceptors (Lipinski definition) is 2. The van der Waals surface area contributed by atoms with E-state index in [1.54, 1.807) is 6.92 Å². The number of carbonyl (C=O) groups is 1. The van der Waals surface area contributed by atoms with Gasteiger partial charge in [-0.15, -0.1) is 0 Å². The van der Waals surface area contributed by atoms with Gasteiger partial charge in [-0.2, -0.15) is 0 Å². The first-order chi connectivity index (χ1) is 8.72. The second-order valence-corrected chi connectivity index (χ2v) is 5.50. The van der Waals surface area contributed by atoms with Crippen molar-refractivity contribution in [2.75, 3.05) is 0 Å². The minimum Gasteiger partial charge on any atom is -0.368 e. The highest BCUT2D eigenvalue weighted by atomic mass is 35.5. The van der Waals surface area contributed by atoms with Crippen LogP contribution in [0.1, 0.15) is 32.8 Å². The molecule has 1 aromatic rings. The Kier molecular flexibility index (Phi) is 5.18. The summed E-state index contributed by atoms with van der Waals surface area (Å²) in [5, 5.41) is 3.18. The maximum absolute atomic E-state index is 13.6. The summed E-state index contributed by atoms with van der Waals surface area (Å²) in [4.78, 5) is 11.8. The minimum atomic E-state index is -1.25. The van der Waals surface area contributed by atoms with Gasteiger partial charge in [0.05, 0.1) is 5.02 Å². The van der Waals surface area contributed by atoms with Crippen molar-refractivity contribution in [2.45, 2.75) is 38.8 Å². The first kappa shape index (κ1) is 16.2. The molecule has 1 aromatic carbocycles. The monoisotopic (exact) mass is 306 g/mol. The summed E-state index contributed by atoms with van der Waals surface area (Å²) in [6, 6.07) is 2.44. The fourth-order valence-corrected chi connectivity index (χ4v) is 2.35. The van der Waals surface area contributed by atoms with E-state index in [0.29, 0.717) is 0 Å². The van der Waals surface area contributed by atoms with Crippen molar-refractivity contribution in [2.24, 2.45) is 5.73 Å². The summed E-state index contributed by atoms with van der Waals surface area (Å²) >= 11 is 11.7. The van der Waals surface area contributed by atoms with Crippen LogP contribution in [0.4, 0.5) is 4.39 Å². The van der Waals surface area contributed by atoms with E-state index in [2.05, 4.69) is 5.32 Å². The molecule has 3 N–H and O–H groups in total. The Balaban J connectivity index is 3.34. The molecule has 1 amide bonds. The van der Waals surface area contributed by atoms with Crippen LogP contribution < -0.4 is 11.1 Å². The van der Waals surface area contributed by atoms with Crippen molar-refractivity contribution in [1.29, 1.82) is 0 Å². The summed E-state index contributed by atoms with van der Waals surface area (Å²) < 4.78 is 13.6. The lowest BCUT2D eigenvalue weighted by Gasteiger charge is -2.32. The lowest BCUT2D eigenvalue weighted by atomic mass is 9.89. The van der Waals surface area contributed by atoms with E-state index in [9.17, 15) is 9.18 Å². The summed E-state index contributed by atoms with van der Waals surface area (Å²) in [6.07, 6.45) is 0.788. The molecule has 2 unspecified atom stereocenters. The molecule has 1 rings (SSSR count). The molecule has 2 atom stereocenters. The van der Waals surface area contributed by atoms with Gasteiger partial charge in [-0.05, 0) is 32.4 Å². The molecule has 106 valence electrons. The molecule has 0 aromatic heterocycles. The third-order valence-electron chi connectivity index (χ3n) is 3.19. The quantitative estimate of drug-likeness (QED) is 0.821. The average molecular weight is 307 g/mol. The van der Waals surface area contributed by atoms with Gasteiger partial charge in [-0.25, -0.2) is 4.39 Å². The van der Waals surface area contributed by atoms with Crippen LogP contribution in [0, 0.1) is 5.82 Å². The Morgan fingerprint density at radius 2 is 2.05 bits per heavy atom. The van der Waals surface area contributed by atoms with E-state index in [0.717, 1.165) is 12.5 Å². The topological polar surface area (TPSA) is 55.1 Å². The fourth-order valence-electron chi connectivity index (χ4n) is 1.78. The Morgan fingerprint density at radius 3 is 2.53 bits per heavy atom. The maximum atomic E-state index is 13.6. The van der Waals surface area contributed by atoms with Crippen LogP contribution in [0.5, 0.6) is 0 Å². The van der Waals surface area contributed by atoms with Gasteiger partial charge in [-0.3, -0.25) is 10.1 Å². The van der Waals surface area contributed by atoms with Gasteiger partial charge in [-0.1, -0.05) is 30.1 Å². The molecule has 0 saturated heterocycles. The third-order valence-corrected chi connectivity index (χ3v) is 3.79. The van der Waals surface area contributed by atoms with Crippen molar-refractivity contribution in [3.05, 3.63) is 33.6 Å². The zero-order valence-electron chi connectivity index (χ0n) is 11.1. The van der Waals surface area contributed by atoms with Gasteiger partial charge in [0.2, 0.25) is 5.91 Å². The van der Waals surface area contributed by atoms with Crippen LogP contribution in [0.15, 0.2) is 12.1 Å². The van der Waals surface area contributed by atoms with Crippen LogP contribution >= 0.6 is 23.2 Å². The minimum absolute atomic E-state index is 0.0207. The van der Waals surface area contributed by atoms with Gasteiger partial charge in [0, 0.05) is 16.6 Å². The van der Waals surface area contributed by atoms with Crippen molar-refractivity contribution >= 4 is 29.1 Å². The van der Waals surface area contributed by atoms with Crippen LogP contribution in [0.3, 0.4) is 0 Å². The Morgan fingerprint density at radius 1 is 1.47 bits per heavy atom. The number of hydrogen-bond donors (Lipinski definition) is 2. The number of benzene rings is 1. The van der Waals surface area contributed by atoms with Crippen molar-refractivity contribution in [3.63, 3.8) is 0 Å². The lowest BCUT2D eigenvalue weighted by Crippen LogP contribution is -2.53. The number of primary amides is 1. The molecule has 0 aliphatic heterocycles. The fraction of sp³-hybridized carbons (Fsp3) is 0.462. The summed E-state index contributed by atoms with van der Waals surface area (Å²) in [5.74, 6) is -1.27. The number of rotatable bonds is 5. The molecule has 0 fully saturated rings. The predicted octanol–water partition coefficient (Wildman–Crippen LogP) is 3.22. The first-order valence-electron chi connectivity index (χ1n) is 5.95. The second-order valence-electron chi connectivity index (χ2n) is 4.69. The van der Waals surface area contributed by atoms with E-state index >= 15 is 0 Å². The number of amides is 1. The standard InChI is InChI=1S/C13H17Cl2FN2O/c1-4-7(2)18-13(3,12(17)19)8-5-11(16)10(15)6-9(8)14/h5-7,18H,4H2,1-3H3,(H2,17,19). The largest absolute Gasteiger partial charge is 0.368 e. The molecule has 0 radical (unpaired) electrons. The molecule has 0 aliphatic rings. The van der Waals surface area contributed by atoms with Gasteiger partial charge < -0.3 is 5.73 Å². The highest BCUT2D eigenvalue weighted by molar-refractivity contribution is 6.35. The van der Waals surface area contributed by atoms with Gasteiger partial charge in [0.1, 0.15) is 11.4 Å². The van der Waals surface area contributed by atoms with E-state index in [-0.39, 0.29) is 21.7 Å². The summed E-state index contributed by atoms with van der Waals surface area (Å²) in [6.45, 7) is 5.44. The summed E-state index contributed by atoms with van der Waals surface area (Å²) in [5.41, 5.74) is 4.48. The number of carbonyl (C=O) groups excluding carboxylic acids is 1. The molecule has 0 heterocycles. The lowest BCUT2D eigenvalue weighted by molar-refractivity contribution is -0.124. The number of halogens is 3. The molecular formula is C13H17Cl2FN2O. The molecule has 0 saturated carbocycles. The summed E-state index contributed by atoms with van der Waals surface area (Å²) in [7, 11) is 0. The zero-order valence-corrected chi connectivity index (χ0v) is 12.6. The maximum Gasteiger partial charge on any atom is 0.242 e. The predicted molar refractivity (Wildman–Crippen MR) is 75.9 cm³/mol. The van der Waals surface area contributed by atoms with Gasteiger partial charge >= 0.3 is 0 Å². The van der Waals surface area contributed by atoms with Crippen LogP contribution in [-0.2, 0) is 10.3 Å². The van der Waals surface area contributed by atoms with Crippen LogP contribution in [-0.4, -0.2) is 11.9 Å². The number of nitrogens with one attached hydrogen (secondary N) is 1. The molecule has 0 aliphatic carbocycles. The Labute approximate surface area is 122 Å². The average Bonchev–Trinajstić information content (AvgIpc) is 2.33. The Bertz CT molecular complexity index is 496. The van der Waals surface area contributed by atoms with E-state index in [1.165, 1.54) is 6.07 Å². The van der Waals surface area contributed by atoms with Gasteiger partial charge in [0.25, 0.3) is 0 Å². The highest BCUT2D eigenvalue weighted by Gasteiger charge is 2.36. The second kappa shape index (κ2) is 6.07. The van der Waals surface area contributed by atoms with Crippen molar-refractivity contribution < 1.29 is 9.18 Å². The smallest absolute Gasteiger partial charge is 0.242 e. The van der Waals surface area contributed by atoms with Crippen molar-refractivity contribution in [3.8, 4) is 0 Å². The first-order valence-corrected chi connectivity index (χ1v) is 6.70. The molecular weight excluding hydrogens is 290 g/mol. The van der Waals surface area contributed by atoms with Crippen LogP contribution in [0.2, 0.25) is 10.0 Å². The number of nitrogens with two attached hydrogens (primary N) is 1.